The standard InChI is InChI=1S/C24H33N3O5/c1-23(2,3)32-21(29)15-24(31)10-13-26(14-11-24)17-5-4-6-18-16(17)9-12-27(18)19-7-8-20(28)25-22(19)30/h4-6,19,31H,7-15H2,1-3H3,(H,25,28,30)/t19-/m1/s1. The molecular weight excluding hydrogens is 410 g/mol. The van der Waals surface area contributed by atoms with Crippen molar-refractivity contribution < 1.29 is 24.2 Å². The number of benzene rings is 1. The van der Waals surface area contributed by atoms with Crippen LogP contribution in [-0.4, -0.2) is 59.8 Å². The summed E-state index contributed by atoms with van der Waals surface area (Å²) in [6.45, 7) is 7.51. The number of esters is 1. The van der Waals surface area contributed by atoms with Crippen molar-refractivity contribution in [1.29, 1.82) is 0 Å². The second kappa shape index (κ2) is 8.39. The first-order chi connectivity index (χ1) is 15.0. The summed E-state index contributed by atoms with van der Waals surface area (Å²) in [7, 11) is 0. The molecule has 3 heterocycles. The molecule has 2 saturated heterocycles. The average molecular weight is 444 g/mol. The minimum absolute atomic E-state index is 0.00823. The Kier molecular flexibility index (Phi) is 5.92. The van der Waals surface area contributed by atoms with Crippen molar-refractivity contribution in [2.24, 2.45) is 0 Å². The Morgan fingerprint density at radius 1 is 1.16 bits per heavy atom. The molecule has 1 atom stereocenters. The van der Waals surface area contributed by atoms with E-state index in [0.29, 0.717) is 38.8 Å². The van der Waals surface area contributed by atoms with Gasteiger partial charge >= 0.3 is 5.97 Å². The Morgan fingerprint density at radius 2 is 1.84 bits per heavy atom. The number of nitrogens with one attached hydrogen (secondary N) is 1. The van der Waals surface area contributed by atoms with Gasteiger partial charge in [-0.05, 0) is 58.6 Å². The molecule has 0 unspecified atom stereocenters. The van der Waals surface area contributed by atoms with E-state index in [4.69, 9.17) is 4.74 Å². The molecule has 2 N–H and O–H groups in total. The first-order valence-electron chi connectivity index (χ1n) is 11.5. The predicted molar refractivity (Wildman–Crippen MR) is 121 cm³/mol. The summed E-state index contributed by atoms with van der Waals surface area (Å²) in [4.78, 5) is 40.5. The van der Waals surface area contributed by atoms with E-state index in [1.54, 1.807) is 0 Å². The maximum Gasteiger partial charge on any atom is 0.309 e. The fraction of sp³-hybridized carbons (Fsp3) is 0.625. The monoisotopic (exact) mass is 443 g/mol. The lowest BCUT2D eigenvalue weighted by molar-refractivity contribution is -0.161. The Morgan fingerprint density at radius 3 is 2.50 bits per heavy atom. The number of carbonyl (C=O) groups excluding carboxylic acids is 3. The number of anilines is 2. The summed E-state index contributed by atoms with van der Waals surface area (Å²) >= 11 is 0. The quantitative estimate of drug-likeness (QED) is 0.542. The second-order valence-electron chi connectivity index (χ2n) is 10.2. The summed E-state index contributed by atoms with van der Waals surface area (Å²) in [6.07, 6.45) is 2.73. The number of imide groups is 1. The topological polar surface area (TPSA) is 99.2 Å². The highest BCUT2D eigenvalue weighted by molar-refractivity contribution is 6.02. The number of carbonyl (C=O) groups is 3. The van der Waals surface area contributed by atoms with E-state index in [2.05, 4.69) is 21.2 Å². The first kappa shape index (κ1) is 22.6. The van der Waals surface area contributed by atoms with Gasteiger partial charge in [0.15, 0.2) is 0 Å². The molecule has 2 fully saturated rings. The van der Waals surface area contributed by atoms with Gasteiger partial charge in [-0.25, -0.2) is 0 Å². The summed E-state index contributed by atoms with van der Waals surface area (Å²) < 4.78 is 5.39. The smallest absolute Gasteiger partial charge is 0.309 e. The van der Waals surface area contributed by atoms with Crippen molar-refractivity contribution in [2.45, 2.75) is 76.5 Å². The van der Waals surface area contributed by atoms with E-state index in [1.807, 2.05) is 32.9 Å². The van der Waals surface area contributed by atoms with Gasteiger partial charge in [0.25, 0.3) is 0 Å². The molecule has 0 spiro atoms. The molecule has 8 nitrogen and oxygen atoms in total. The number of rotatable bonds is 4. The zero-order valence-electron chi connectivity index (χ0n) is 19.1. The number of ether oxygens (including phenoxy) is 1. The Hall–Kier alpha value is -2.61. The van der Waals surface area contributed by atoms with E-state index in [0.717, 1.165) is 24.3 Å². The van der Waals surface area contributed by atoms with Gasteiger partial charge in [0, 0.05) is 43.0 Å². The number of nitrogens with zero attached hydrogens (tertiary/aromatic N) is 2. The molecule has 3 aliphatic heterocycles. The number of hydrogen-bond acceptors (Lipinski definition) is 7. The summed E-state index contributed by atoms with van der Waals surface area (Å²) in [5.74, 6) is -0.787. The van der Waals surface area contributed by atoms with Crippen LogP contribution in [-0.2, 0) is 25.5 Å². The van der Waals surface area contributed by atoms with Gasteiger partial charge in [0.2, 0.25) is 11.8 Å². The van der Waals surface area contributed by atoms with Crippen LogP contribution in [0.5, 0.6) is 0 Å². The number of amides is 2. The highest BCUT2D eigenvalue weighted by Gasteiger charge is 2.39. The largest absolute Gasteiger partial charge is 0.460 e. The highest BCUT2D eigenvalue weighted by Crippen LogP contribution is 2.39. The van der Waals surface area contributed by atoms with Crippen molar-refractivity contribution >= 4 is 29.2 Å². The SMILES string of the molecule is CC(C)(C)OC(=O)CC1(O)CCN(c2cccc3c2CCN3[C@@H]2CCC(=O)NC2=O)CC1. The fourth-order valence-corrected chi connectivity index (χ4v) is 5.03. The molecule has 0 bridgehead atoms. The minimum Gasteiger partial charge on any atom is -0.460 e. The summed E-state index contributed by atoms with van der Waals surface area (Å²) in [6, 6.07) is 5.81. The maximum atomic E-state index is 12.4. The number of aliphatic hydroxyl groups is 1. The third-order valence-corrected chi connectivity index (χ3v) is 6.55. The normalized spacial score (nSPS) is 23.1. The molecule has 32 heavy (non-hydrogen) atoms. The zero-order valence-corrected chi connectivity index (χ0v) is 19.1. The maximum absolute atomic E-state index is 12.4. The van der Waals surface area contributed by atoms with Gasteiger partial charge in [0.05, 0.1) is 12.0 Å². The Balaban J connectivity index is 1.43. The van der Waals surface area contributed by atoms with Gasteiger partial charge in [-0.1, -0.05) is 6.07 Å². The van der Waals surface area contributed by atoms with E-state index in [9.17, 15) is 19.5 Å². The van der Waals surface area contributed by atoms with Crippen LogP contribution in [0.2, 0.25) is 0 Å². The van der Waals surface area contributed by atoms with Crippen LogP contribution in [0, 0.1) is 0 Å². The van der Waals surface area contributed by atoms with Gasteiger partial charge in [-0.2, -0.15) is 0 Å². The Labute approximate surface area is 188 Å². The van der Waals surface area contributed by atoms with Crippen LogP contribution in [0.3, 0.4) is 0 Å². The second-order valence-corrected chi connectivity index (χ2v) is 10.2. The molecule has 0 aliphatic carbocycles. The number of hydrogen-bond donors (Lipinski definition) is 2. The fourth-order valence-electron chi connectivity index (χ4n) is 5.03. The predicted octanol–water partition coefficient (Wildman–Crippen LogP) is 1.92. The molecule has 1 aromatic rings. The van der Waals surface area contributed by atoms with Crippen molar-refractivity contribution in [2.75, 3.05) is 29.4 Å². The number of piperidine rings is 2. The molecule has 1 aromatic carbocycles. The lowest BCUT2D eigenvalue weighted by Crippen LogP contribution is -2.52. The zero-order chi connectivity index (χ0) is 23.1. The third kappa shape index (κ3) is 4.75. The molecule has 0 saturated carbocycles. The summed E-state index contributed by atoms with van der Waals surface area (Å²) in [5, 5.41) is 13.4. The molecular formula is C24H33N3O5. The number of fused-ring (bicyclic) bond motifs is 1. The van der Waals surface area contributed by atoms with Gasteiger partial charge in [-0.3, -0.25) is 19.7 Å². The van der Waals surface area contributed by atoms with Crippen LogP contribution < -0.4 is 15.1 Å². The van der Waals surface area contributed by atoms with E-state index >= 15 is 0 Å². The Bertz CT molecular complexity index is 915. The molecule has 8 heteroatoms. The van der Waals surface area contributed by atoms with Crippen LogP contribution in [0.15, 0.2) is 18.2 Å². The van der Waals surface area contributed by atoms with Crippen molar-refractivity contribution in [1.82, 2.24) is 5.32 Å². The van der Waals surface area contributed by atoms with E-state index in [1.165, 1.54) is 5.56 Å². The minimum atomic E-state index is -1.05. The molecule has 4 rings (SSSR count). The van der Waals surface area contributed by atoms with Crippen molar-refractivity contribution in [3.63, 3.8) is 0 Å². The third-order valence-electron chi connectivity index (χ3n) is 6.55. The lowest BCUT2D eigenvalue weighted by Gasteiger charge is -2.40. The molecule has 3 aliphatic rings. The van der Waals surface area contributed by atoms with Crippen molar-refractivity contribution in [3.05, 3.63) is 23.8 Å². The van der Waals surface area contributed by atoms with E-state index in [-0.39, 0.29) is 30.2 Å². The first-order valence-corrected chi connectivity index (χ1v) is 11.5. The molecule has 0 radical (unpaired) electrons. The molecule has 0 aromatic heterocycles. The van der Waals surface area contributed by atoms with Crippen LogP contribution in [0.1, 0.15) is 58.4 Å². The average Bonchev–Trinajstić information content (AvgIpc) is 3.11. The highest BCUT2D eigenvalue weighted by atomic mass is 16.6. The molecule has 2 amide bonds. The van der Waals surface area contributed by atoms with Gasteiger partial charge in [0.1, 0.15) is 11.6 Å². The van der Waals surface area contributed by atoms with Gasteiger partial charge in [-0.15, -0.1) is 0 Å². The lowest BCUT2D eigenvalue weighted by atomic mass is 9.87. The van der Waals surface area contributed by atoms with Crippen molar-refractivity contribution in [3.8, 4) is 0 Å². The van der Waals surface area contributed by atoms with Crippen LogP contribution in [0.25, 0.3) is 0 Å². The van der Waals surface area contributed by atoms with Crippen LogP contribution in [0.4, 0.5) is 11.4 Å². The van der Waals surface area contributed by atoms with Crippen LogP contribution >= 0.6 is 0 Å². The summed E-state index contributed by atoms with van der Waals surface area (Å²) in [5.41, 5.74) is 1.76. The molecule has 174 valence electrons. The van der Waals surface area contributed by atoms with E-state index < -0.39 is 11.2 Å². The van der Waals surface area contributed by atoms with Gasteiger partial charge < -0.3 is 19.6 Å².